The van der Waals surface area contributed by atoms with Crippen molar-refractivity contribution in [2.75, 3.05) is 0 Å². The molecule has 6 heteroatoms. The second-order valence-corrected chi connectivity index (χ2v) is 7.10. The third kappa shape index (κ3) is 3.47. The summed E-state index contributed by atoms with van der Waals surface area (Å²) in [5.41, 5.74) is 1.78. The molecule has 0 aliphatic carbocycles. The van der Waals surface area contributed by atoms with Crippen molar-refractivity contribution in [2.45, 2.75) is 26.3 Å². The molecule has 0 bridgehead atoms. The average molecular weight is 394 g/mol. The summed E-state index contributed by atoms with van der Waals surface area (Å²) in [7, 11) is 0. The number of imide groups is 1. The van der Waals surface area contributed by atoms with E-state index in [1.165, 1.54) is 4.90 Å². The van der Waals surface area contributed by atoms with Crippen molar-refractivity contribution in [1.29, 1.82) is 0 Å². The van der Waals surface area contributed by atoms with Gasteiger partial charge in [-0.15, -0.1) is 0 Å². The number of nitrogens with zero attached hydrogens (tertiary/aromatic N) is 2. The minimum absolute atomic E-state index is 0. The Bertz CT molecular complexity index is 963. The van der Waals surface area contributed by atoms with E-state index < -0.39 is 6.04 Å². The fourth-order valence-electron chi connectivity index (χ4n) is 3.43. The first-order valence-electron chi connectivity index (χ1n) is 9.04. The molecular formula is C22H22N2O3S. The highest BCUT2D eigenvalue weighted by atomic mass is 32.1. The lowest BCUT2D eigenvalue weighted by Gasteiger charge is -2.25. The molecule has 0 fully saturated rings. The van der Waals surface area contributed by atoms with E-state index in [4.69, 9.17) is 4.42 Å². The van der Waals surface area contributed by atoms with Crippen LogP contribution in [-0.4, -0.2) is 21.7 Å². The van der Waals surface area contributed by atoms with Crippen LogP contribution in [0.25, 0.3) is 11.3 Å². The van der Waals surface area contributed by atoms with Gasteiger partial charge in [0.15, 0.2) is 5.76 Å². The van der Waals surface area contributed by atoms with E-state index in [2.05, 4.69) is 4.98 Å². The maximum absolute atomic E-state index is 12.9. The monoisotopic (exact) mass is 394 g/mol. The first-order chi connectivity index (χ1) is 13.1. The van der Waals surface area contributed by atoms with Gasteiger partial charge < -0.3 is 4.42 Å². The molecule has 5 nitrogen and oxygen atoms in total. The number of hydrogen-bond acceptors (Lipinski definition) is 4. The number of carbonyl (C=O) groups excluding carboxylic acids is 2. The van der Waals surface area contributed by atoms with Gasteiger partial charge in [-0.05, 0) is 24.5 Å². The molecule has 2 aromatic carbocycles. The van der Waals surface area contributed by atoms with Crippen LogP contribution in [0.3, 0.4) is 0 Å². The maximum Gasteiger partial charge on any atom is 0.262 e. The van der Waals surface area contributed by atoms with Crippen molar-refractivity contribution < 1.29 is 14.0 Å². The Morgan fingerprint density at radius 2 is 1.50 bits per heavy atom. The topological polar surface area (TPSA) is 63.4 Å². The summed E-state index contributed by atoms with van der Waals surface area (Å²) >= 11 is 0. The number of amides is 2. The van der Waals surface area contributed by atoms with Crippen molar-refractivity contribution in [3.05, 3.63) is 77.8 Å². The Morgan fingerprint density at radius 1 is 0.929 bits per heavy atom. The van der Waals surface area contributed by atoms with E-state index in [0.29, 0.717) is 29.2 Å². The summed E-state index contributed by atoms with van der Waals surface area (Å²) < 4.78 is 5.98. The third-order valence-corrected chi connectivity index (χ3v) is 4.70. The Hall–Kier alpha value is -2.86. The molecule has 0 unspecified atom stereocenters. The second-order valence-electron chi connectivity index (χ2n) is 7.10. The summed E-state index contributed by atoms with van der Waals surface area (Å²) in [6.45, 7) is 4.10. The van der Waals surface area contributed by atoms with Gasteiger partial charge in [0.25, 0.3) is 11.8 Å². The van der Waals surface area contributed by atoms with Crippen molar-refractivity contribution in [3.63, 3.8) is 0 Å². The van der Waals surface area contributed by atoms with Gasteiger partial charge in [0, 0.05) is 5.56 Å². The van der Waals surface area contributed by atoms with Crippen LogP contribution < -0.4 is 0 Å². The summed E-state index contributed by atoms with van der Waals surface area (Å²) in [5, 5.41) is 0. The van der Waals surface area contributed by atoms with E-state index in [0.717, 1.165) is 5.56 Å². The zero-order valence-corrected chi connectivity index (χ0v) is 16.8. The van der Waals surface area contributed by atoms with Crippen LogP contribution in [0.5, 0.6) is 0 Å². The van der Waals surface area contributed by atoms with E-state index in [-0.39, 0.29) is 31.2 Å². The lowest BCUT2D eigenvalue weighted by Crippen LogP contribution is -2.35. The highest BCUT2D eigenvalue weighted by Gasteiger charge is 2.42. The molecule has 1 atom stereocenters. The summed E-state index contributed by atoms with van der Waals surface area (Å²) in [6.07, 6.45) is 2.23. The first-order valence-corrected chi connectivity index (χ1v) is 9.04. The zero-order chi connectivity index (χ0) is 19.0. The van der Waals surface area contributed by atoms with Crippen LogP contribution in [0.15, 0.2) is 65.2 Å². The van der Waals surface area contributed by atoms with Gasteiger partial charge in [0.05, 0.1) is 17.3 Å². The maximum atomic E-state index is 12.9. The Labute approximate surface area is 170 Å². The van der Waals surface area contributed by atoms with Crippen LogP contribution in [0, 0.1) is 5.92 Å². The van der Waals surface area contributed by atoms with Gasteiger partial charge in [-0.2, -0.15) is 13.5 Å². The summed E-state index contributed by atoms with van der Waals surface area (Å²) in [6, 6.07) is 16.0. The minimum Gasteiger partial charge on any atom is -0.438 e. The molecule has 3 aromatic rings. The number of fused-ring (bicyclic) bond motifs is 1. The van der Waals surface area contributed by atoms with Gasteiger partial charge in [-0.3, -0.25) is 14.5 Å². The fourth-order valence-corrected chi connectivity index (χ4v) is 3.43. The Kier molecular flexibility index (Phi) is 5.70. The number of oxazole rings is 1. The average Bonchev–Trinajstić information content (AvgIpc) is 3.26. The van der Waals surface area contributed by atoms with Crippen molar-refractivity contribution in [2.24, 2.45) is 5.92 Å². The van der Waals surface area contributed by atoms with Gasteiger partial charge in [0.2, 0.25) is 5.89 Å². The predicted octanol–water partition coefficient (Wildman–Crippen LogP) is 4.84. The number of aromatic nitrogens is 1. The number of rotatable bonds is 5. The van der Waals surface area contributed by atoms with Gasteiger partial charge in [-0.25, -0.2) is 4.98 Å². The van der Waals surface area contributed by atoms with Crippen LogP contribution in [0.1, 0.15) is 52.9 Å². The van der Waals surface area contributed by atoms with E-state index in [1.807, 2.05) is 44.2 Å². The van der Waals surface area contributed by atoms with Gasteiger partial charge in [-0.1, -0.05) is 56.3 Å². The van der Waals surface area contributed by atoms with Crippen LogP contribution in [-0.2, 0) is 0 Å². The lowest BCUT2D eigenvalue weighted by atomic mass is 10.0. The van der Waals surface area contributed by atoms with E-state index in [1.54, 1.807) is 30.5 Å². The standard InChI is InChI=1S/C22H20N2O3.H2S/c1-14(2)12-18(20-23-13-19(27-20)15-8-4-3-5-9-15)24-21(25)16-10-6-7-11-17(16)22(24)26;/h3-11,13-14,18H,12H2,1-2H3;1H2/t18-;/m0./s1. The third-order valence-electron chi connectivity index (χ3n) is 4.70. The van der Waals surface area contributed by atoms with Crippen LogP contribution >= 0.6 is 13.5 Å². The molecule has 0 N–H and O–H groups in total. The first kappa shape index (κ1) is 19.9. The van der Waals surface area contributed by atoms with E-state index >= 15 is 0 Å². The molecule has 0 radical (unpaired) electrons. The van der Waals surface area contributed by atoms with Gasteiger partial charge in [0.1, 0.15) is 6.04 Å². The molecule has 2 heterocycles. The van der Waals surface area contributed by atoms with E-state index in [9.17, 15) is 9.59 Å². The fraction of sp³-hybridized carbons (Fsp3) is 0.227. The summed E-state index contributed by atoms with van der Waals surface area (Å²) in [5.74, 6) is 0.681. The molecule has 0 saturated heterocycles. The molecule has 2 amide bonds. The normalized spacial score (nSPS) is 14.2. The second kappa shape index (κ2) is 8.02. The molecule has 0 saturated carbocycles. The number of hydrogen-bond donors (Lipinski definition) is 0. The SMILES string of the molecule is CC(C)C[C@@H](c1ncc(-c2ccccc2)o1)N1C(=O)c2ccccc2C1=O.S. The minimum atomic E-state index is -0.533. The highest BCUT2D eigenvalue weighted by Crippen LogP contribution is 2.36. The smallest absolute Gasteiger partial charge is 0.262 e. The quantitative estimate of drug-likeness (QED) is 0.581. The van der Waals surface area contributed by atoms with Crippen molar-refractivity contribution >= 4 is 25.3 Å². The van der Waals surface area contributed by atoms with Crippen molar-refractivity contribution in [3.8, 4) is 11.3 Å². The molecule has 1 aliphatic rings. The lowest BCUT2D eigenvalue weighted by molar-refractivity contribution is 0.0536. The molecule has 4 rings (SSSR count). The van der Waals surface area contributed by atoms with Crippen molar-refractivity contribution in [1.82, 2.24) is 9.88 Å². The molecule has 144 valence electrons. The van der Waals surface area contributed by atoms with Crippen LogP contribution in [0.2, 0.25) is 0 Å². The highest BCUT2D eigenvalue weighted by molar-refractivity contribution is 7.59. The van der Waals surface area contributed by atoms with Crippen LogP contribution in [0.4, 0.5) is 0 Å². The predicted molar refractivity (Wildman–Crippen MR) is 111 cm³/mol. The Morgan fingerprint density at radius 3 is 2.07 bits per heavy atom. The molecule has 1 aliphatic heterocycles. The number of carbonyl (C=O) groups is 2. The Balaban J connectivity index is 0.00000225. The largest absolute Gasteiger partial charge is 0.438 e. The molecular weight excluding hydrogens is 372 g/mol. The summed E-state index contributed by atoms with van der Waals surface area (Å²) in [4.78, 5) is 31.5. The number of benzene rings is 2. The van der Waals surface area contributed by atoms with Gasteiger partial charge >= 0.3 is 0 Å². The zero-order valence-electron chi connectivity index (χ0n) is 15.8. The molecule has 28 heavy (non-hydrogen) atoms. The molecule has 0 spiro atoms. The molecule has 1 aromatic heterocycles.